The molecule has 0 aromatic heterocycles. The van der Waals surface area contributed by atoms with Crippen molar-refractivity contribution in [2.24, 2.45) is 17.8 Å². The van der Waals surface area contributed by atoms with Crippen LogP contribution in [0.25, 0.3) is 0 Å². The molecule has 1 saturated heterocycles. The van der Waals surface area contributed by atoms with Crippen LogP contribution in [-0.4, -0.2) is 30.3 Å². The summed E-state index contributed by atoms with van der Waals surface area (Å²) in [5.41, 5.74) is 4.37. The topological polar surface area (TPSA) is 32.8 Å². The number of ether oxygens (including phenoxy) is 1. The van der Waals surface area contributed by atoms with Gasteiger partial charge in [0.25, 0.3) is 5.91 Å². The Bertz CT molecular complexity index is 1130. The first-order valence-electron chi connectivity index (χ1n) is 12.3. The number of carbonyl (C=O) groups is 1. The fourth-order valence-electron chi connectivity index (χ4n) is 5.44. The summed E-state index contributed by atoms with van der Waals surface area (Å²) in [5.74, 6) is 1.21. The lowest BCUT2D eigenvalue weighted by atomic mass is 9.82. The lowest BCUT2D eigenvalue weighted by Crippen LogP contribution is -2.23. The molecule has 1 fully saturated rings. The highest BCUT2D eigenvalue weighted by Crippen LogP contribution is 2.38. The molecule has 1 amide bonds. The van der Waals surface area contributed by atoms with E-state index in [0.717, 1.165) is 37.2 Å². The van der Waals surface area contributed by atoms with Gasteiger partial charge in [-0.2, -0.15) is 0 Å². The second-order valence-electron chi connectivity index (χ2n) is 10.3. The third-order valence-corrected chi connectivity index (χ3v) is 7.52. The third kappa shape index (κ3) is 6.00. The van der Waals surface area contributed by atoms with Gasteiger partial charge in [0, 0.05) is 31.9 Å². The van der Waals surface area contributed by atoms with Gasteiger partial charge in [0.05, 0.1) is 10.6 Å². The van der Waals surface area contributed by atoms with E-state index in [4.69, 9.17) is 11.6 Å². The predicted octanol–water partition coefficient (Wildman–Crippen LogP) is 7.46. The van der Waals surface area contributed by atoms with Crippen LogP contribution in [0.4, 0.5) is 18.9 Å². The summed E-state index contributed by atoms with van der Waals surface area (Å²) in [6.07, 6.45) is -2.50. The minimum atomic E-state index is -4.74. The van der Waals surface area contributed by atoms with Crippen molar-refractivity contribution in [3.05, 3.63) is 70.3 Å². The predicted molar refractivity (Wildman–Crippen MR) is 136 cm³/mol. The van der Waals surface area contributed by atoms with E-state index in [1.54, 1.807) is 4.90 Å². The molecule has 2 aliphatic rings. The summed E-state index contributed by atoms with van der Waals surface area (Å²) in [6.45, 7) is 13.4. The van der Waals surface area contributed by atoms with Crippen molar-refractivity contribution < 1.29 is 22.7 Å². The molecule has 4 rings (SSSR count). The van der Waals surface area contributed by atoms with Crippen molar-refractivity contribution in [3.63, 3.8) is 0 Å². The van der Waals surface area contributed by atoms with Gasteiger partial charge in [-0.15, -0.1) is 13.2 Å². The van der Waals surface area contributed by atoms with Crippen LogP contribution in [-0.2, 0) is 13.1 Å². The molecule has 0 N–H and O–H groups in total. The monoisotopic (exact) mass is 520 g/mol. The van der Waals surface area contributed by atoms with Gasteiger partial charge in [-0.3, -0.25) is 4.79 Å². The van der Waals surface area contributed by atoms with E-state index in [2.05, 4.69) is 43.1 Å². The Morgan fingerprint density at radius 3 is 2.53 bits per heavy atom. The first kappa shape index (κ1) is 26.4. The van der Waals surface area contributed by atoms with Crippen LogP contribution in [0.2, 0.25) is 5.02 Å². The Kier molecular flexibility index (Phi) is 7.60. The molecule has 0 bridgehead atoms. The molecule has 8 heteroatoms. The zero-order valence-corrected chi connectivity index (χ0v) is 21.6. The Hall–Kier alpha value is -2.67. The number of hydrogen-bond donors (Lipinski definition) is 0. The van der Waals surface area contributed by atoms with Gasteiger partial charge in [0.2, 0.25) is 0 Å². The highest BCUT2D eigenvalue weighted by Gasteiger charge is 2.33. The molecule has 2 atom stereocenters. The number of halogens is 4. The largest absolute Gasteiger partial charge is 0.573 e. The van der Waals surface area contributed by atoms with E-state index in [1.807, 2.05) is 6.07 Å². The Labute approximate surface area is 215 Å². The summed E-state index contributed by atoms with van der Waals surface area (Å²) in [4.78, 5) is 17.1. The van der Waals surface area contributed by atoms with Gasteiger partial charge in [-0.25, -0.2) is 0 Å². The number of carbonyl (C=O) groups excluding carboxylic acids is 1. The van der Waals surface area contributed by atoms with Crippen molar-refractivity contribution in [1.29, 1.82) is 0 Å². The molecular weight excluding hydrogens is 489 g/mol. The minimum absolute atomic E-state index is 0.169. The highest BCUT2D eigenvalue weighted by atomic mass is 35.5. The quantitative estimate of drug-likeness (QED) is 0.339. The SMILES string of the molecule is C=C(C)C(C[C@@H]1CCN(c2cc(Cl)c3c(c2)CN(Cc2ccc(OC(F)(F)F)cc2)C3=O)C1)C(C)C. The van der Waals surface area contributed by atoms with Crippen LogP contribution in [0.1, 0.15) is 55.1 Å². The standard InChI is InChI=1S/C28H32ClF3N2O2/c1-17(2)24(18(3)4)11-20-9-10-33(15-20)22-12-21-16-34(27(35)26(21)25(29)13-22)14-19-5-7-23(8-6-19)36-28(30,31)32/h5-8,12-13,18,20,24H,1,9-11,14-16H2,2-4H3/t20-,24?/m0/s1. The molecule has 2 aromatic rings. The Morgan fingerprint density at radius 2 is 1.92 bits per heavy atom. The molecule has 2 heterocycles. The number of nitrogens with zero attached hydrogens (tertiary/aromatic N) is 2. The first-order valence-corrected chi connectivity index (χ1v) is 12.7. The molecule has 2 aromatic carbocycles. The second kappa shape index (κ2) is 10.4. The van der Waals surface area contributed by atoms with E-state index >= 15 is 0 Å². The Balaban J connectivity index is 1.43. The molecule has 0 spiro atoms. The maximum atomic E-state index is 13.1. The zero-order chi connectivity index (χ0) is 26.2. The number of benzene rings is 2. The van der Waals surface area contributed by atoms with E-state index in [1.165, 1.54) is 29.8 Å². The van der Waals surface area contributed by atoms with Crippen molar-refractivity contribution in [2.45, 2.75) is 53.1 Å². The van der Waals surface area contributed by atoms with Crippen molar-refractivity contribution in [3.8, 4) is 5.75 Å². The van der Waals surface area contributed by atoms with Gasteiger partial charge in [-0.05, 0) is 72.9 Å². The lowest BCUT2D eigenvalue weighted by Gasteiger charge is -2.25. The zero-order valence-electron chi connectivity index (χ0n) is 20.9. The van der Waals surface area contributed by atoms with Gasteiger partial charge < -0.3 is 14.5 Å². The number of amides is 1. The fraction of sp³-hybridized carbons (Fsp3) is 0.464. The van der Waals surface area contributed by atoms with Crippen LogP contribution >= 0.6 is 11.6 Å². The highest BCUT2D eigenvalue weighted by molar-refractivity contribution is 6.34. The average Bonchev–Trinajstić information content (AvgIpc) is 3.37. The molecule has 4 nitrogen and oxygen atoms in total. The van der Waals surface area contributed by atoms with Crippen LogP contribution in [0.3, 0.4) is 0 Å². The molecule has 0 aliphatic carbocycles. The van der Waals surface area contributed by atoms with Crippen LogP contribution in [0.5, 0.6) is 5.75 Å². The molecular formula is C28H32ClF3N2O2. The summed E-state index contributed by atoms with van der Waals surface area (Å²) in [6, 6.07) is 9.51. The van der Waals surface area contributed by atoms with Crippen LogP contribution < -0.4 is 9.64 Å². The maximum Gasteiger partial charge on any atom is 0.573 e. The third-order valence-electron chi connectivity index (χ3n) is 7.23. The Morgan fingerprint density at radius 1 is 1.22 bits per heavy atom. The fourth-order valence-corrected chi connectivity index (χ4v) is 5.75. The number of fused-ring (bicyclic) bond motifs is 1. The van der Waals surface area contributed by atoms with Gasteiger partial charge in [0.1, 0.15) is 5.75 Å². The lowest BCUT2D eigenvalue weighted by molar-refractivity contribution is -0.274. The van der Waals surface area contributed by atoms with Crippen molar-refractivity contribution in [1.82, 2.24) is 4.90 Å². The number of allylic oxidation sites excluding steroid dienone is 1. The normalized spacial score (nSPS) is 18.7. The van der Waals surface area contributed by atoms with Crippen molar-refractivity contribution in [2.75, 3.05) is 18.0 Å². The molecule has 0 saturated carbocycles. The molecule has 2 aliphatic heterocycles. The van der Waals surface area contributed by atoms with E-state index < -0.39 is 6.36 Å². The summed E-state index contributed by atoms with van der Waals surface area (Å²) in [5, 5.41) is 0.439. The second-order valence-corrected chi connectivity index (χ2v) is 10.8. The average molecular weight is 521 g/mol. The number of rotatable bonds is 8. The van der Waals surface area contributed by atoms with Gasteiger partial charge >= 0.3 is 6.36 Å². The van der Waals surface area contributed by atoms with E-state index in [-0.39, 0.29) is 18.2 Å². The van der Waals surface area contributed by atoms with E-state index in [9.17, 15) is 18.0 Å². The van der Waals surface area contributed by atoms with Crippen LogP contribution in [0.15, 0.2) is 48.6 Å². The smallest absolute Gasteiger partial charge is 0.406 e. The number of hydrogen-bond acceptors (Lipinski definition) is 3. The van der Waals surface area contributed by atoms with E-state index in [0.29, 0.717) is 40.4 Å². The minimum Gasteiger partial charge on any atom is -0.406 e. The molecule has 36 heavy (non-hydrogen) atoms. The van der Waals surface area contributed by atoms with Crippen molar-refractivity contribution >= 4 is 23.2 Å². The van der Waals surface area contributed by atoms with Gasteiger partial charge in [-0.1, -0.05) is 49.7 Å². The summed E-state index contributed by atoms with van der Waals surface area (Å²) >= 11 is 6.59. The summed E-state index contributed by atoms with van der Waals surface area (Å²) < 4.78 is 41.1. The maximum absolute atomic E-state index is 13.1. The first-order chi connectivity index (χ1) is 16.9. The van der Waals surface area contributed by atoms with Gasteiger partial charge in [0.15, 0.2) is 0 Å². The van der Waals surface area contributed by atoms with Crippen LogP contribution in [0, 0.1) is 17.8 Å². The molecule has 0 radical (unpaired) electrons. The molecule has 1 unspecified atom stereocenters. The number of alkyl halides is 3. The molecule has 194 valence electrons. The number of anilines is 1. The summed E-state index contributed by atoms with van der Waals surface area (Å²) in [7, 11) is 0.